The number of hydrogen-bond donors (Lipinski definition) is 1. The first-order chi connectivity index (χ1) is 7.31. The minimum absolute atomic E-state index is 0.00965. The summed E-state index contributed by atoms with van der Waals surface area (Å²) >= 11 is 1.69. The lowest BCUT2D eigenvalue weighted by Crippen LogP contribution is -1.97. The zero-order chi connectivity index (χ0) is 10.7. The summed E-state index contributed by atoms with van der Waals surface area (Å²) in [4.78, 5) is 8.51. The second kappa shape index (κ2) is 4.55. The maximum atomic E-state index is 8.87. The van der Waals surface area contributed by atoms with Crippen LogP contribution in [0.1, 0.15) is 23.3 Å². The topological polar surface area (TPSA) is 50.9 Å². The van der Waals surface area contributed by atoms with Crippen molar-refractivity contribution in [3.05, 3.63) is 34.3 Å². The first kappa shape index (κ1) is 10.3. The fourth-order valence-corrected chi connectivity index (χ4v) is 2.08. The maximum absolute atomic E-state index is 8.87. The van der Waals surface area contributed by atoms with Crippen LogP contribution in [-0.2, 0) is 19.6 Å². The van der Waals surface area contributed by atoms with Gasteiger partial charge in [0.25, 0.3) is 0 Å². The second-order valence-electron chi connectivity index (χ2n) is 3.28. The smallest absolute Gasteiger partial charge is 0.0954 e. The molecule has 2 heterocycles. The highest BCUT2D eigenvalue weighted by atomic mass is 32.1. The van der Waals surface area contributed by atoms with Gasteiger partial charge in [0.05, 0.1) is 35.9 Å². The largest absolute Gasteiger partial charge is 0.390 e. The molecule has 0 bridgehead atoms. The zero-order valence-electron chi connectivity index (χ0n) is 8.55. The zero-order valence-corrected chi connectivity index (χ0v) is 9.37. The summed E-state index contributed by atoms with van der Waals surface area (Å²) in [6, 6.07) is 0. The van der Waals surface area contributed by atoms with Gasteiger partial charge in [-0.15, -0.1) is 11.3 Å². The number of hydrogen-bond acceptors (Lipinski definition) is 4. The van der Waals surface area contributed by atoms with E-state index in [1.165, 1.54) is 0 Å². The Bertz CT molecular complexity index is 395. The summed E-state index contributed by atoms with van der Waals surface area (Å²) in [5.41, 5.74) is 1.75. The van der Waals surface area contributed by atoms with Crippen LogP contribution < -0.4 is 0 Å². The van der Waals surface area contributed by atoms with Gasteiger partial charge in [0.2, 0.25) is 0 Å². The molecule has 0 fully saturated rings. The second-order valence-corrected chi connectivity index (χ2v) is 4.22. The van der Waals surface area contributed by atoms with Crippen LogP contribution >= 0.6 is 11.3 Å². The molecule has 0 aliphatic rings. The molecule has 0 saturated heterocycles. The summed E-state index contributed by atoms with van der Waals surface area (Å²) in [6.07, 6.45) is 4.54. The number of aromatic nitrogens is 3. The van der Waals surface area contributed by atoms with Gasteiger partial charge in [-0.1, -0.05) is 6.92 Å². The monoisotopic (exact) mass is 223 g/mol. The van der Waals surface area contributed by atoms with Crippen molar-refractivity contribution in [3.63, 3.8) is 0 Å². The van der Waals surface area contributed by atoms with Gasteiger partial charge in [-0.05, 0) is 6.42 Å². The molecule has 0 aromatic carbocycles. The number of thiazole rings is 1. The van der Waals surface area contributed by atoms with Gasteiger partial charge in [-0.25, -0.2) is 9.97 Å². The summed E-state index contributed by atoms with van der Waals surface area (Å²) in [7, 11) is 0. The summed E-state index contributed by atoms with van der Waals surface area (Å²) in [5, 5.41) is 12.1. The molecule has 2 rings (SSSR count). The molecule has 0 spiro atoms. The van der Waals surface area contributed by atoms with Gasteiger partial charge in [0, 0.05) is 11.6 Å². The fourth-order valence-electron chi connectivity index (χ4n) is 1.35. The minimum atomic E-state index is -0.00965. The van der Waals surface area contributed by atoms with Crippen molar-refractivity contribution in [2.75, 3.05) is 0 Å². The van der Waals surface area contributed by atoms with Crippen molar-refractivity contribution < 1.29 is 5.11 Å². The molecular weight excluding hydrogens is 210 g/mol. The highest BCUT2D eigenvalue weighted by Crippen LogP contribution is 2.11. The van der Waals surface area contributed by atoms with E-state index in [0.29, 0.717) is 5.69 Å². The fraction of sp³-hybridized carbons (Fsp3) is 0.400. The first-order valence-corrected chi connectivity index (χ1v) is 5.74. The maximum Gasteiger partial charge on any atom is 0.0954 e. The predicted octanol–water partition coefficient (Wildman–Crippen LogP) is 1.44. The Morgan fingerprint density at radius 3 is 2.93 bits per heavy atom. The van der Waals surface area contributed by atoms with E-state index in [9.17, 15) is 0 Å². The van der Waals surface area contributed by atoms with E-state index in [0.717, 1.165) is 23.7 Å². The Morgan fingerprint density at radius 1 is 1.47 bits per heavy atom. The van der Waals surface area contributed by atoms with E-state index in [1.807, 2.05) is 10.8 Å². The third-order valence-electron chi connectivity index (χ3n) is 2.10. The predicted molar refractivity (Wildman–Crippen MR) is 58.7 cm³/mol. The van der Waals surface area contributed by atoms with Crippen molar-refractivity contribution in [3.8, 4) is 0 Å². The normalized spacial score (nSPS) is 10.8. The molecule has 0 atom stereocenters. The first-order valence-electron chi connectivity index (χ1n) is 4.86. The van der Waals surface area contributed by atoms with Crippen molar-refractivity contribution >= 4 is 11.3 Å². The Morgan fingerprint density at radius 2 is 2.33 bits per heavy atom. The minimum Gasteiger partial charge on any atom is -0.390 e. The van der Waals surface area contributed by atoms with Crippen molar-refractivity contribution in [2.45, 2.75) is 26.5 Å². The molecule has 0 amide bonds. The third-order valence-corrected chi connectivity index (χ3v) is 3.14. The lowest BCUT2D eigenvalue weighted by atomic mass is 10.4. The Hall–Kier alpha value is -1.20. The lowest BCUT2D eigenvalue weighted by molar-refractivity contribution is 0.277. The van der Waals surface area contributed by atoms with Crippen LogP contribution in [0.15, 0.2) is 17.9 Å². The van der Waals surface area contributed by atoms with E-state index >= 15 is 0 Å². The number of aliphatic hydroxyl groups is 1. The standard InChI is InChI=1S/C10H13N3OS/c1-2-10-12-9(6-15-10)4-13-3-8(5-14)11-7-13/h3,6-7,14H,2,4-5H2,1H3. The van der Waals surface area contributed by atoms with Gasteiger partial charge in [-0.3, -0.25) is 0 Å². The molecule has 4 nitrogen and oxygen atoms in total. The number of nitrogens with zero attached hydrogens (tertiary/aromatic N) is 3. The van der Waals surface area contributed by atoms with E-state index in [4.69, 9.17) is 5.11 Å². The van der Waals surface area contributed by atoms with E-state index in [2.05, 4.69) is 22.3 Å². The number of imidazole rings is 1. The molecule has 0 radical (unpaired) electrons. The highest BCUT2D eigenvalue weighted by Gasteiger charge is 2.02. The van der Waals surface area contributed by atoms with Crippen LogP contribution in [-0.4, -0.2) is 19.6 Å². The van der Waals surface area contributed by atoms with Gasteiger partial charge in [0.1, 0.15) is 0 Å². The van der Waals surface area contributed by atoms with Crippen LogP contribution in [0.2, 0.25) is 0 Å². The summed E-state index contributed by atoms with van der Waals surface area (Å²) in [6.45, 7) is 2.82. The van der Waals surface area contributed by atoms with Gasteiger partial charge >= 0.3 is 0 Å². The van der Waals surface area contributed by atoms with Crippen LogP contribution in [0, 0.1) is 0 Å². The average molecular weight is 223 g/mol. The SMILES string of the molecule is CCc1nc(Cn2cnc(CO)c2)cs1. The molecule has 0 saturated carbocycles. The highest BCUT2D eigenvalue weighted by molar-refractivity contribution is 7.09. The lowest BCUT2D eigenvalue weighted by Gasteiger charge is -1.96. The van der Waals surface area contributed by atoms with Gasteiger partial charge in [0.15, 0.2) is 0 Å². The van der Waals surface area contributed by atoms with Crippen molar-refractivity contribution in [2.24, 2.45) is 0 Å². The number of aryl methyl sites for hydroxylation is 1. The molecule has 15 heavy (non-hydrogen) atoms. The Balaban J connectivity index is 2.07. The van der Waals surface area contributed by atoms with Crippen molar-refractivity contribution in [1.29, 1.82) is 0 Å². The Kier molecular flexibility index (Phi) is 3.13. The molecular formula is C10H13N3OS. The third kappa shape index (κ3) is 2.43. The average Bonchev–Trinajstić information content (AvgIpc) is 2.87. The number of aliphatic hydroxyl groups excluding tert-OH is 1. The quantitative estimate of drug-likeness (QED) is 0.853. The Labute approximate surface area is 92.2 Å². The van der Waals surface area contributed by atoms with Crippen LogP contribution in [0.3, 0.4) is 0 Å². The summed E-state index contributed by atoms with van der Waals surface area (Å²) in [5.74, 6) is 0. The number of rotatable bonds is 4. The molecule has 2 aromatic rings. The van der Waals surface area contributed by atoms with Gasteiger partial charge < -0.3 is 9.67 Å². The molecule has 2 aromatic heterocycles. The van der Waals surface area contributed by atoms with Gasteiger partial charge in [-0.2, -0.15) is 0 Å². The van der Waals surface area contributed by atoms with E-state index in [1.54, 1.807) is 17.7 Å². The summed E-state index contributed by atoms with van der Waals surface area (Å²) < 4.78 is 1.93. The van der Waals surface area contributed by atoms with Crippen LogP contribution in [0.4, 0.5) is 0 Å². The molecule has 1 N–H and O–H groups in total. The molecule has 0 aliphatic heterocycles. The molecule has 0 unspecified atom stereocenters. The molecule has 80 valence electrons. The van der Waals surface area contributed by atoms with Crippen LogP contribution in [0.5, 0.6) is 0 Å². The van der Waals surface area contributed by atoms with E-state index in [-0.39, 0.29) is 6.61 Å². The molecule has 0 aliphatic carbocycles. The molecule has 5 heteroatoms. The van der Waals surface area contributed by atoms with Crippen LogP contribution in [0.25, 0.3) is 0 Å². The van der Waals surface area contributed by atoms with Crippen molar-refractivity contribution in [1.82, 2.24) is 14.5 Å². The van der Waals surface area contributed by atoms with E-state index < -0.39 is 0 Å².